The third kappa shape index (κ3) is 1.91. The predicted octanol–water partition coefficient (Wildman–Crippen LogP) is 2.65. The Kier molecular flexibility index (Phi) is 3.20. The van der Waals surface area contributed by atoms with E-state index in [0.29, 0.717) is 18.1 Å². The van der Waals surface area contributed by atoms with E-state index in [0.717, 1.165) is 19.1 Å². The zero-order valence-electron chi connectivity index (χ0n) is 11.3. The number of ether oxygens (including phenoxy) is 1. The van der Waals surface area contributed by atoms with Gasteiger partial charge < -0.3 is 10.1 Å². The smallest absolute Gasteiger partial charge is 0.0965 e. The van der Waals surface area contributed by atoms with Crippen LogP contribution in [0.5, 0.6) is 0 Å². The zero-order chi connectivity index (χ0) is 12.8. The van der Waals surface area contributed by atoms with E-state index in [4.69, 9.17) is 4.74 Å². The van der Waals surface area contributed by atoms with Gasteiger partial charge in [-0.3, -0.25) is 0 Å². The summed E-state index contributed by atoms with van der Waals surface area (Å²) < 4.78 is 5.83. The lowest BCUT2D eigenvalue weighted by Gasteiger charge is -2.55. The summed E-state index contributed by atoms with van der Waals surface area (Å²) >= 11 is 1.75. The Morgan fingerprint density at radius 3 is 3.17 bits per heavy atom. The minimum absolute atomic E-state index is 0.282. The normalized spacial score (nSPS) is 34.9. The molecule has 0 bridgehead atoms. The summed E-state index contributed by atoms with van der Waals surface area (Å²) in [4.78, 5) is 4.39. The van der Waals surface area contributed by atoms with Gasteiger partial charge >= 0.3 is 0 Å². The maximum Gasteiger partial charge on any atom is 0.0965 e. The van der Waals surface area contributed by atoms with E-state index in [1.54, 1.807) is 11.3 Å². The van der Waals surface area contributed by atoms with Crippen molar-refractivity contribution < 1.29 is 4.74 Å². The number of rotatable bonds is 4. The van der Waals surface area contributed by atoms with E-state index in [-0.39, 0.29) is 5.41 Å². The van der Waals surface area contributed by atoms with Gasteiger partial charge in [-0.15, -0.1) is 11.3 Å². The molecule has 1 aromatic rings. The van der Waals surface area contributed by atoms with Gasteiger partial charge in [0.1, 0.15) is 0 Å². The van der Waals surface area contributed by atoms with Crippen molar-refractivity contribution in [3.8, 4) is 0 Å². The largest absolute Gasteiger partial charge is 0.377 e. The molecule has 0 amide bonds. The number of fused-ring (bicyclic) bond motifs is 1. The first-order valence-electron chi connectivity index (χ1n) is 6.85. The summed E-state index contributed by atoms with van der Waals surface area (Å²) in [5, 5.41) is 7.05. The molecule has 2 heterocycles. The van der Waals surface area contributed by atoms with Crippen LogP contribution in [0, 0.1) is 11.3 Å². The van der Waals surface area contributed by atoms with Crippen LogP contribution < -0.4 is 5.32 Å². The average Bonchev–Trinajstić information content (AvgIpc) is 2.98. The Labute approximate surface area is 113 Å². The molecular weight excluding hydrogens is 244 g/mol. The predicted molar refractivity (Wildman–Crippen MR) is 73.9 cm³/mol. The standard InChI is InChI=1S/C14H22N2OS/c1-9(13-15-5-7-18-13)8-16-11-10-4-6-17-12(10)14(11,2)3/h5,7,9-12,16H,4,6,8H2,1-3H3. The molecule has 0 radical (unpaired) electrons. The fourth-order valence-electron chi connectivity index (χ4n) is 3.61. The minimum Gasteiger partial charge on any atom is -0.377 e. The summed E-state index contributed by atoms with van der Waals surface area (Å²) in [6, 6.07) is 0.604. The van der Waals surface area contributed by atoms with Crippen LogP contribution >= 0.6 is 11.3 Å². The van der Waals surface area contributed by atoms with Crippen molar-refractivity contribution in [3.63, 3.8) is 0 Å². The van der Waals surface area contributed by atoms with Crippen molar-refractivity contribution in [2.24, 2.45) is 11.3 Å². The van der Waals surface area contributed by atoms with Crippen LogP contribution in [-0.4, -0.2) is 30.3 Å². The van der Waals surface area contributed by atoms with Gasteiger partial charge in [0.2, 0.25) is 0 Å². The molecule has 1 aliphatic heterocycles. The third-order valence-electron chi connectivity index (χ3n) is 4.62. The third-order valence-corrected chi connectivity index (χ3v) is 5.62. The molecule has 4 atom stereocenters. The van der Waals surface area contributed by atoms with Crippen LogP contribution in [0.2, 0.25) is 0 Å². The molecule has 1 saturated carbocycles. The van der Waals surface area contributed by atoms with Crippen molar-refractivity contribution in [2.45, 2.75) is 45.3 Å². The highest BCUT2D eigenvalue weighted by Crippen LogP contribution is 2.52. The maximum absolute atomic E-state index is 5.83. The SMILES string of the molecule is CC(CNC1C2CCOC2C1(C)C)c1nccs1. The first kappa shape index (κ1) is 12.6. The Bertz CT molecular complexity index is 404. The van der Waals surface area contributed by atoms with Gasteiger partial charge in [-0.05, 0) is 6.42 Å². The average molecular weight is 266 g/mol. The van der Waals surface area contributed by atoms with Crippen molar-refractivity contribution in [2.75, 3.05) is 13.2 Å². The minimum atomic E-state index is 0.282. The van der Waals surface area contributed by atoms with Crippen LogP contribution in [0.1, 0.15) is 38.1 Å². The topological polar surface area (TPSA) is 34.1 Å². The number of aromatic nitrogens is 1. The van der Waals surface area contributed by atoms with E-state index >= 15 is 0 Å². The van der Waals surface area contributed by atoms with Crippen LogP contribution in [-0.2, 0) is 4.74 Å². The van der Waals surface area contributed by atoms with Crippen LogP contribution in [0.3, 0.4) is 0 Å². The van der Waals surface area contributed by atoms with E-state index < -0.39 is 0 Å². The van der Waals surface area contributed by atoms with Gasteiger partial charge in [0.25, 0.3) is 0 Å². The zero-order valence-corrected chi connectivity index (χ0v) is 12.2. The molecule has 1 N–H and O–H groups in total. The lowest BCUT2D eigenvalue weighted by molar-refractivity contribution is -0.112. The highest BCUT2D eigenvalue weighted by atomic mass is 32.1. The molecule has 3 nitrogen and oxygen atoms in total. The number of hydrogen-bond donors (Lipinski definition) is 1. The Balaban J connectivity index is 1.57. The van der Waals surface area contributed by atoms with E-state index in [9.17, 15) is 0 Å². The summed E-state index contributed by atoms with van der Waals surface area (Å²) in [6.07, 6.45) is 3.59. The first-order chi connectivity index (χ1) is 8.60. The van der Waals surface area contributed by atoms with Gasteiger partial charge in [-0.1, -0.05) is 20.8 Å². The van der Waals surface area contributed by atoms with E-state index in [1.807, 2.05) is 6.20 Å². The fraction of sp³-hybridized carbons (Fsp3) is 0.786. The van der Waals surface area contributed by atoms with Gasteiger partial charge in [0.05, 0.1) is 11.1 Å². The molecule has 4 unspecified atom stereocenters. The van der Waals surface area contributed by atoms with Crippen molar-refractivity contribution >= 4 is 11.3 Å². The molecule has 18 heavy (non-hydrogen) atoms. The fourth-order valence-corrected chi connectivity index (χ4v) is 4.31. The molecule has 2 fully saturated rings. The second-order valence-corrected chi connectivity index (χ2v) is 7.15. The van der Waals surface area contributed by atoms with Gasteiger partial charge in [0, 0.05) is 48.0 Å². The number of nitrogens with one attached hydrogen (secondary N) is 1. The lowest BCUT2D eigenvalue weighted by Crippen LogP contribution is -2.66. The maximum atomic E-state index is 5.83. The number of thiazole rings is 1. The molecule has 1 aliphatic carbocycles. The molecule has 0 aromatic carbocycles. The van der Waals surface area contributed by atoms with Crippen molar-refractivity contribution in [1.29, 1.82) is 0 Å². The molecule has 1 aromatic heterocycles. The van der Waals surface area contributed by atoms with Crippen molar-refractivity contribution in [3.05, 3.63) is 16.6 Å². The second-order valence-electron chi connectivity index (χ2n) is 6.22. The highest BCUT2D eigenvalue weighted by Gasteiger charge is 2.58. The molecule has 100 valence electrons. The quantitative estimate of drug-likeness (QED) is 0.909. The van der Waals surface area contributed by atoms with Crippen molar-refractivity contribution in [1.82, 2.24) is 10.3 Å². The summed E-state index contributed by atoms with van der Waals surface area (Å²) in [7, 11) is 0. The monoisotopic (exact) mass is 266 g/mol. The summed E-state index contributed by atoms with van der Waals surface area (Å²) in [5.41, 5.74) is 0.282. The van der Waals surface area contributed by atoms with Gasteiger partial charge in [0.15, 0.2) is 0 Å². The molecule has 3 rings (SSSR count). The highest BCUT2D eigenvalue weighted by molar-refractivity contribution is 7.09. The number of hydrogen-bond acceptors (Lipinski definition) is 4. The summed E-state index contributed by atoms with van der Waals surface area (Å²) in [5.74, 6) is 1.23. The van der Waals surface area contributed by atoms with E-state index in [2.05, 4.69) is 36.5 Å². The molecule has 0 spiro atoms. The van der Waals surface area contributed by atoms with Gasteiger partial charge in [-0.2, -0.15) is 0 Å². The van der Waals surface area contributed by atoms with Gasteiger partial charge in [-0.25, -0.2) is 4.98 Å². The molecule has 2 aliphatic rings. The van der Waals surface area contributed by atoms with Crippen LogP contribution in [0.15, 0.2) is 11.6 Å². The second kappa shape index (κ2) is 4.58. The first-order valence-corrected chi connectivity index (χ1v) is 7.73. The van der Waals surface area contributed by atoms with E-state index in [1.165, 1.54) is 11.4 Å². The lowest BCUT2D eigenvalue weighted by atomic mass is 9.57. The molecular formula is C14H22N2OS. The Morgan fingerprint density at radius 2 is 2.44 bits per heavy atom. The summed E-state index contributed by atoms with van der Waals surface area (Å²) in [6.45, 7) is 8.86. The Morgan fingerprint density at radius 1 is 1.61 bits per heavy atom. The van der Waals surface area contributed by atoms with Crippen LogP contribution in [0.4, 0.5) is 0 Å². The Hall–Kier alpha value is -0.450. The van der Waals surface area contributed by atoms with Crippen LogP contribution in [0.25, 0.3) is 0 Å². The molecule has 1 saturated heterocycles. The number of nitrogens with zero attached hydrogens (tertiary/aromatic N) is 1. The molecule has 4 heteroatoms.